The molecule has 0 heterocycles. The Balaban J connectivity index is 0.00000162. The standard InChI is InChI=1S/C15H17NO.ClH/c1-2-17-15-10-8-14(9-11-15)16-12-13-6-4-3-5-7-13;/h3-11,16H,2,12H2,1H3;1H. The van der Waals surface area contributed by atoms with Crippen molar-refractivity contribution in [1.82, 2.24) is 0 Å². The maximum Gasteiger partial charge on any atom is 0.119 e. The molecule has 0 bridgehead atoms. The third-order valence-corrected chi connectivity index (χ3v) is 2.50. The first-order valence-electron chi connectivity index (χ1n) is 5.89. The van der Waals surface area contributed by atoms with Crippen LogP contribution >= 0.6 is 12.4 Å². The quantitative estimate of drug-likeness (QED) is 0.876. The molecule has 1 N–H and O–H groups in total. The van der Waals surface area contributed by atoms with Crippen LogP contribution in [0.15, 0.2) is 54.6 Å². The fraction of sp³-hybridized carbons (Fsp3) is 0.200. The average Bonchev–Trinajstić information content (AvgIpc) is 2.40. The minimum Gasteiger partial charge on any atom is -0.494 e. The number of ether oxygens (including phenoxy) is 1. The summed E-state index contributed by atoms with van der Waals surface area (Å²) in [5.41, 5.74) is 2.39. The molecule has 0 unspecified atom stereocenters. The van der Waals surface area contributed by atoms with Crippen molar-refractivity contribution in [3.05, 3.63) is 60.2 Å². The highest BCUT2D eigenvalue weighted by Gasteiger charge is 1.95. The van der Waals surface area contributed by atoms with Gasteiger partial charge in [-0.2, -0.15) is 0 Å². The van der Waals surface area contributed by atoms with Crippen molar-refractivity contribution in [2.75, 3.05) is 11.9 Å². The molecule has 0 radical (unpaired) electrons. The van der Waals surface area contributed by atoms with Crippen molar-refractivity contribution in [2.45, 2.75) is 13.5 Å². The molecule has 0 aromatic heterocycles. The van der Waals surface area contributed by atoms with Gasteiger partial charge in [-0.1, -0.05) is 30.3 Å². The number of anilines is 1. The van der Waals surface area contributed by atoms with Gasteiger partial charge < -0.3 is 10.1 Å². The van der Waals surface area contributed by atoms with Gasteiger partial charge in [0.05, 0.1) is 6.61 Å². The van der Waals surface area contributed by atoms with E-state index in [0.29, 0.717) is 6.61 Å². The smallest absolute Gasteiger partial charge is 0.119 e. The molecule has 2 rings (SSSR count). The molecular weight excluding hydrogens is 246 g/mol. The third kappa shape index (κ3) is 4.30. The Morgan fingerprint density at radius 2 is 1.61 bits per heavy atom. The van der Waals surface area contributed by atoms with Crippen LogP contribution in [0.1, 0.15) is 12.5 Å². The Labute approximate surface area is 114 Å². The molecule has 0 aliphatic rings. The van der Waals surface area contributed by atoms with E-state index in [1.165, 1.54) is 5.56 Å². The lowest BCUT2D eigenvalue weighted by molar-refractivity contribution is 0.340. The van der Waals surface area contributed by atoms with Crippen LogP contribution in [0.5, 0.6) is 5.75 Å². The second-order valence-corrected chi connectivity index (χ2v) is 3.80. The Morgan fingerprint density at radius 3 is 2.22 bits per heavy atom. The van der Waals surface area contributed by atoms with Gasteiger partial charge in [-0.3, -0.25) is 0 Å². The highest BCUT2D eigenvalue weighted by Crippen LogP contribution is 2.16. The minimum atomic E-state index is 0. The highest BCUT2D eigenvalue weighted by molar-refractivity contribution is 5.85. The van der Waals surface area contributed by atoms with Gasteiger partial charge in [-0.25, -0.2) is 0 Å². The highest BCUT2D eigenvalue weighted by atomic mass is 35.5. The van der Waals surface area contributed by atoms with Crippen molar-refractivity contribution in [2.24, 2.45) is 0 Å². The van der Waals surface area contributed by atoms with E-state index in [-0.39, 0.29) is 12.4 Å². The molecule has 2 aromatic carbocycles. The number of benzene rings is 2. The van der Waals surface area contributed by atoms with Crippen LogP contribution in [0.4, 0.5) is 5.69 Å². The number of halogens is 1. The van der Waals surface area contributed by atoms with E-state index in [9.17, 15) is 0 Å². The van der Waals surface area contributed by atoms with Gasteiger partial charge in [0.25, 0.3) is 0 Å². The Morgan fingerprint density at radius 1 is 0.944 bits per heavy atom. The minimum absolute atomic E-state index is 0. The van der Waals surface area contributed by atoms with Crippen LogP contribution in [0.3, 0.4) is 0 Å². The summed E-state index contributed by atoms with van der Waals surface area (Å²) in [4.78, 5) is 0. The van der Waals surface area contributed by atoms with Gasteiger partial charge in [0.2, 0.25) is 0 Å². The summed E-state index contributed by atoms with van der Waals surface area (Å²) in [5.74, 6) is 0.915. The average molecular weight is 264 g/mol. The second-order valence-electron chi connectivity index (χ2n) is 3.80. The van der Waals surface area contributed by atoms with Crippen molar-refractivity contribution in [3.63, 3.8) is 0 Å². The fourth-order valence-electron chi connectivity index (χ4n) is 1.64. The number of hydrogen-bond acceptors (Lipinski definition) is 2. The molecule has 0 saturated carbocycles. The van der Waals surface area contributed by atoms with Crippen molar-refractivity contribution in [3.8, 4) is 5.75 Å². The van der Waals surface area contributed by atoms with Crippen LogP contribution in [0.25, 0.3) is 0 Å². The summed E-state index contributed by atoms with van der Waals surface area (Å²) in [7, 11) is 0. The molecule has 96 valence electrons. The zero-order valence-corrected chi connectivity index (χ0v) is 11.2. The normalized spacial score (nSPS) is 9.39. The molecule has 18 heavy (non-hydrogen) atoms. The van der Waals surface area contributed by atoms with Crippen LogP contribution in [-0.2, 0) is 6.54 Å². The first-order chi connectivity index (χ1) is 8.38. The van der Waals surface area contributed by atoms with E-state index in [0.717, 1.165) is 18.0 Å². The van der Waals surface area contributed by atoms with Crippen molar-refractivity contribution >= 4 is 18.1 Å². The molecule has 2 nitrogen and oxygen atoms in total. The Hall–Kier alpha value is -1.67. The first-order valence-corrected chi connectivity index (χ1v) is 5.89. The Kier molecular flexibility index (Phi) is 6.09. The molecule has 0 atom stereocenters. The zero-order chi connectivity index (χ0) is 11.9. The molecule has 0 aliphatic heterocycles. The number of nitrogens with one attached hydrogen (secondary N) is 1. The van der Waals surface area contributed by atoms with E-state index in [4.69, 9.17) is 4.74 Å². The van der Waals surface area contributed by atoms with Crippen LogP contribution < -0.4 is 10.1 Å². The molecule has 2 aromatic rings. The molecule has 0 fully saturated rings. The summed E-state index contributed by atoms with van der Waals surface area (Å²) in [5, 5.41) is 3.37. The van der Waals surface area contributed by atoms with Crippen LogP contribution in [-0.4, -0.2) is 6.61 Å². The molecular formula is C15H18ClNO. The molecule has 3 heteroatoms. The van der Waals surface area contributed by atoms with Crippen LogP contribution in [0, 0.1) is 0 Å². The summed E-state index contributed by atoms with van der Waals surface area (Å²) < 4.78 is 5.40. The topological polar surface area (TPSA) is 21.3 Å². The zero-order valence-electron chi connectivity index (χ0n) is 10.4. The lowest BCUT2D eigenvalue weighted by atomic mass is 10.2. The van der Waals surface area contributed by atoms with Crippen molar-refractivity contribution < 1.29 is 4.74 Å². The van der Waals surface area contributed by atoms with E-state index >= 15 is 0 Å². The van der Waals surface area contributed by atoms with Crippen molar-refractivity contribution in [1.29, 1.82) is 0 Å². The molecule has 0 spiro atoms. The first kappa shape index (κ1) is 14.4. The monoisotopic (exact) mass is 263 g/mol. The van der Waals surface area contributed by atoms with E-state index in [1.54, 1.807) is 0 Å². The lowest BCUT2D eigenvalue weighted by Gasteiger charge is -2.08. The van der Waals surface area contributed by atoms with E-state index in [1.807, 2.05) is 37.3 Å². The maximum absolute atomic E-state index is 5.40. The maximum atomic E-state index is 5.40. The summed E-state index contributed by atoms with van der Waals surface area (Å²) in [6.07, 6.45) is 0. The number of rotatable bonds is 5. The molecule has 0 amide bonds. The fourth-order valence-corrected chi connectivity index (χ4v) is 1.64. The molecule has 0 saturated heterocycles. The van der Waals surface area contributed by atoms with Gasteiger partial charge in [0.1, 0.15) is 5.75 Å². The lowest BCUT2D eigenvalue weighted by Crippen LogP contribution is -1.99. The largest absolute Gasteiger partial charge is 0.494 e. The third-order valence-electron chi connectivity index (χ3n) is 2.50. The summed E-state index contributed by atoms with van der Waals surface area (Å²) in [6.45, 7) is 3.53. The van der Waals surface area contributed by atoms with Gasteiger partial charge in [0, 0.05) is 12.2 Å². The van der Waals surface area contributed by atoms with Gasteiger partial charge in [-0.15, -0.1) is 12.4 Å². The van der Waals surface area contributed by atoms with Gasteiger partial charge in [0.15, 0.2) is 0 Å². The van der Waals surface area contributed by atoms with Gasteiger partial charge >= 0.3 is 0 Å². The Bertz CT molecular complexity index is 442. The summed E-state index contributed by atoms with van der Waals surface area (Å²) in [6, 6.07) is 18.4. The van der Waals surface area contributed by atoms with Crippen LogP contribution in [0.2, 0.25) is 0 Å². The predicted molar refractivity (Wildman–Crippen MR) is 78.6 cm³/mol. The SMILES string of the molecule is CCOc1ccc(NCc2ccccc2)cc1.Cl. The second kappa shape index (κ2) is 7.62. The van der Waals surface area contributed by atoms with E-state index < -0.39 is 0 Å². The predicted octanol–water partition coefficient (Wildman–Crippen LogP) is 4.12. The van der Waals surface area contributed by atoms with Gasteiger partial charge in [-0.05, 0) is 36.8 Å². The number of hydrogen-bond donors (Lipinski definition) is 1. The summed E-state index contributed by atoms with van der Waals surface area (Å²) >= 11 is 0. The van der Waals surface area contributed by atoms with E-state index in [2.05, 4.69) is 29.6 Å². The molecule has 0 aliphatic carbocycles.